The molecule has 0 saturated heterocycles. The van der Waals surface area contributed by atoms with E-state index in [-0.39, 0.29) is 0 Å². The van der Waals surface area contributed by atoms with E-state index in [0.29, 0.717) is 45.2 Å². The molecule has 13 rings (SSSR count). The summed E-state index contributed by atoms with van der Waals surface area (Å²) in [5, 5.41) is 11.8. The molecular formula is C48H26N8. The molecule has 4 aromatic carbocycles. The molecule has 258 valence electrons. The van der Waals surface area contributed by atoms with Crippen molar-refractivity contribution in [3.63, 3.8) is 0 Å². The molecule has 5 aromatic heterocycles. The van der Waals surface area contributed by atoms with Gasteiger partial charge in [0.15, 0.2) is 22.6 Å². The SMILES string of the molecule is c1cc2ccc3c4nc5nc(nc6[nH]c(nc7nc(nc([nH]4)c3cc-2c1)c1ccc2cccc2cc71)c1ccc2cccc-2cc61)c1ccc2cccc2cc51. The van der Waals surface area contributed by atoms with E-state index in [9.17, 15) is 0 Å². The van der Waals surface area contributed by atoms with Gasteiger partial charge in [-0.3, -0.25) is 0 Å². The zero-order valence-corrected chi connectivity index (χ0v) is 29.5. The minimum atomic E-state index is 0.568. The standard InChI is InChI=1S/C48H26N8/c1-5-25-13-17-33-37(21-29(25)9-1)45-49-41(33)54-46-39-23-31-11-3-7-27(31)15-19-35(39)43(51-46)56-48-40-24-32-12-4-8-28(32)16-20-36(40)44(52-48)55-47-38-22-30-10-2-6-26(30)14-18-34(38)42(50-47)53-45/h1-24H,(H2,49,50,51,52,53,54,55,56). The van der Waals surface area contributed by atoms with E-state index in [4.69, 9.17) is 29.9 Å². The van der Waals surface area contributed by atoms with Gasteiger partial charge in [0.05, 0.1) is 0 Å². The Morgan fingerprint density at radius 2 is 0.625 bits per heavy atom. The highest BCUT2D eigenvalue weighted by atomic mass is 15.0. The Kier molecular flexibility index (Phi) is 5.74. The molecule has 4 aliphatic carbocycles. The van der Waals surface area contributed by atoms with Crippen LogP contribution >= 0.6 is 0 Å². The third-order valence-corrected chi connectivity index (χ3v) is 11.4. The molecule has 0 aliphatic heterocycles. The first-order valence-electron chi connectivity index (χ1n) is 18.6. The van der Waals surface area contributed by atoms with E-state index in [1.54, 1.807) is 0 Å². The average Bonchev–Trinajstić information content (AvgIpc) is 4.09. The third-order valence-electron chi connectivity index (χ3n) is 11.4. The Labute approximate surface area is 316 Å². The van der Waals surface area contributed by atoms with Crippen molar-refractivity contribution in [2.45, 2.75) is 0 Å². The van der Waals surface area contributed by atoms with Gasteiger partial charge in [0, 0.05) is 43.1 Å². The van der Waals surface area contributed by atoms with Crippen molar-refractivity contribution >= 4 is 110 Å². The van der Waals surface area contributed by atoms with Gasteiger partial charge in [-0.15, -0.1) is 0 Å². The highest BCUT2D eigenvalue weighted by molar-refractivity contribution is 6.13. The lowest BCUT2D eigenvalue weighted by Crippen LogP contribution is -1.79. The maximum Gasteiger partial charge on any atom is 0.164 e. The van der Waals surface area contributed by atoms with Crippen LogP contribution in [0, 0.1) is 0 Å². The maximum absolute atomic E-state index is 5.32. The smallest absolute Gasteiger partial charge is 0.164 e. The molecule has 0 unspecified atom stereocenters. The Morgan fingerprint density at radius 1 is 0.250 bits per heavy atom. The normalized spacial score (nSPS) is 12.3. The monoisotopic (exact) mass is 714 g/mol. The lowest BCUT2D eigenvalue weighted by Gasteiger charge is -1.89. The first-order chi connectivity index (χ1) is 27.7. The van der Waals surface area contributed by atoms with Gasteiger partial charge in [-0.1, -0.05) is 97.1 Å². The van der Waals surface area contributed by atoms with E-state index in [1.807, 2.05) is 0 Å². The van der Waals surface area contributed by atoms with Crippen LogP contribution in [0.15, 0.2) is 146 Å². The van der Waals surface area contributed by atoms with Crippen LogP contribution in [-0.4, -0.2) is 39.9 Å². The molecule has 2 N–H and O–H groups in total. The van der Waals surface area contributed by atoms with Crippen molar-refractivity contribution in [3.8, 4) is 22.3 Å². The molecular weight excluding hydrogens is 689 g/mol. The van der Waals surface area contributed by atoms with E-state index < -0.39 is 0 Å². The molecule has 0 atom stereocenters. The second kappa shape index (κ2) is 10.9. The summed E-state index contributed by atoms with van der Waals surface area (Å²) in [5.41, 5.74) is 9.39. The van der Waals surface area contributed by atoms with Crippen LogP contribution < -0.4 is 0 Å². The van der Waals surface area contributed by atoms with E-state index in [2.05, 4.69) is 156 Å². The van der Waals surface area contributed by atoms with Crippen molar-refractivity contribution in [3.05, 3.63) is 146 Å². The van der Waals surface area contributed by atoms with Gasteiger partial charge in [-0.25, -0.2) is 29.9 Å². The van der Waals surface area contributed by atoms with Crippen molar-refractivity contribution in [1.82, 2.24) is 39.9 Å². The summed E-state index contributed by atoms with van der Waals surface area (Å²) >= 11 is 0. The molecule has 8 heteroatoms. The maximum atomic E-state index is 5.32. The molecule has 0 fully saturated rings. The van der Waals surface area contributed by atoms with Gasteiger partial charge in [0.1, 0.15) is 22.6 Å². The van der Waals surface area contributed by atoms with Gasteiger partial charge in [-0.2, -0.15) is 0 Å². The quantitative estimate of drug-likeness (QED) is 0.162. The summed E-state index contributed by atoms with van der Waals surface area (Å²) in [6.07, 6.45) is 0. The zero-order chi connectivity index (χ0) is 36.5. The number of nitrogens with one attached hydrogen (secondary N) is 2. The van der Waals surface area contributed by atoms with Crippen molar-refractivity contribution in [2.75, 3.05) is 0 Å². The average molecular weight is 715 g/mol. The molecule has 0 spiro atoms. The molecule has 56 heavy (non-hydrogen) atoms. The highest BCUT2D eigenvalue weighted by Gasteiger charge is 2.15. The van der Waals surface area contributed by atoms with Crippen molar-refractivity contribution < 1.29 is 0 Å². The van der Waals surface area contributed by atoms with Crippen LogP contribution in [0.25, 0.3) is 132 Å². The van der Waals surface area contributed by atoms with Gasteiger partial charge < -0.3 is 9.97 Å². The van der Waals surface area contributed by atoms with Gasteiger partial charge >= 0.3 is 0 Å². The molecule has 0 radical (unpaired) electrons. The van der Waals surface area contributed by atoms with Crippen molar-refractivity contribution in [2.24, 2.45) is 0 Å². The van der Waals surface area contributed by atoms with Crippen LogP contribution in [-0.2, 0) is 0 Å². The Bertz CT molecular complexity index is 3590. The summed E-state index contributed by atoms with van der Waals surface area (Å²) in [4.78, 5) is 38.9. The van der Waals surface area contributed by atoms with Crippen LogP contribution in [0.2, 0.25) is 0 Å². The topological polar surface area (TPSA) is 109 Å². The fourth-order valence-corrected chi connectivity index (χ4v) is 8.53. The number of hydrogen-bond acceptors (Lipinski definition) is 6. The minimum absolute atomic E-state index is 0.568. The number of aromatic amines is 2. The third kappa shape index (κ3) is 4.29. The molecule has 9 aromatic rings. The van der Waals surface area contributed by atoms with Crippen LogP contribution in [0.3, 0.4) is 0 Å². The number of hydrogen-bond donors (Lipinski definition) is 2. The first kappa shape index (κ1) is 29.6. The second-order valence-electron chi connectivity index (χ2n) is 14.6. The van der Waals surface area contributed by atoms with Gasteiger partial charge in [0.2, 0.25) is 0 Å². The molecule has 8 nitrogen and oxygen atoms in total. The van der Waals surface area contributed by atoms with E-state index in [0.717, 1.165) is 86.9 Å². The molecule has 4 aliphatic rings. The first-order valence-corrected chi connectivity index (χ1v) is 18.6. The summed E-state index contributed by atoms with van der Waals surface area (Å²) < 4.78 is 0. The second-order valence-corrected chi connectivity index (χ2v) is 14.6. The predicted molar refractivity (Wildman–Crippen MR) is 228 cm³/mol. The molecule has 0 saturated carbocycles. The van der Waals surface area contributed by atoms with Gasteiger partial charge in [-0.05, 0) is 92.3 Å². The Hall–Kier alpha value is -7.84. The minimum Gasteiger partial charge on any atom is -0.324 e. The lowest BCUT2D eigenvalue weighted by molar-refractivity contribution is 1.28. The van der Waals surface area contributed by atoms with Crippen molar-refractivity contribution in [1.29, 1.82) is 0 Å². The summed E-state index contributed by atoms with van der Waals surface area (Å²) in [5.74, 6) is 0. The Morgan fingerprint density at radius 3 is 1.11 bits per heavy atom. The predicted octanol–water partition coefficient (Wildman–Crippen LogP) is 11.6. The van der Waals surface area contributed by atoms with Crippen LogP contribution in [0.4, 0.5) is 0 Å². The summed E-state index contributed by atoms with van der Waals surface area (Å²) in [7, 11) is 0. The fraction of sp³-hybridized carbons (Fsp3) is 0. The summed E-state index contributed by atoms with van der Waals surface area (Å²) in [6, 6.07) is 51.0. The fourth-order valence-electron chi connectivity index (χ4n) is 8.53. The van der Waals surface area contributed by atoms with Gasteiger partial charge in [0.25, 0.3) is 0 Å². The largest absolute Gasteiger partial charge is 0.324 e. The molecule has 5 heterocycles. The number of rotatable bonds is 0. The van der Waals surface area contributed by atoms with E-state index >= 15 is 0 Å². The van der Waals surface area contributed by atoms with E-state index in [1.165, 1.54) is 0 Å². The van der Waals surface area contributed by atoms with Crippen LogP contribution in [0.1, 0.15) is 0 Å². The molecule has 8 bridgehead atoms. The zero-order valence-electron chi connectivity index (χ0n) is 29.5. The lowest BCUT2D eigenvalue weighted by atomic mass is 10.2. The number of fused-ring (bicyclic) bond motifs is 24. The summed E-state index contributed by atoms with van der Waals surface area (Å²) in [6.45, 7) is 0. The molecule has 0 amide bonds. The number of H-pyrrole nitrogens is 2. The Balaban J connectivity index is 1.30. The highest BCUT2D eigenvalue weighted by Crippen LogP contribution is 2.34. The number of nitrogens with zero attached hydrogens (tertiary/aromatic N) is 6. The van der Waals surface area contributed by atoms with Crippen LogP contribution in [0.5, 0.6) is 0 Å². The number of aromatic nitrogens is 8.